The number of aryl methyl sites for hydroxylation is 1. The molecule has 34 heavy (non-hydrogen) atoms. The molecule has 0 saturated carbocycles. The quantitative estimate of drug-likeness (QED) is 0.309. The van der Waals surface area contributed by atoms with Crippen LogP contribution in [-0.4, -0.2) is 34.2 Å². The number of carbonyl (C=O) groups is 1. The minimum absolute atomic E-state index is 0.0398. The van der Waals surface area contributed by atoms with E-state index in [0.717, 1.165) is 29.1 Å². The van der Waals surface area contributed by atoms with Crippen LogP contribution < -0.4 is 9.47 Å². The number of hydrogen-bond donors (Lipinski definition) is 0. The van der Waals surface area contributed by atoms with Gasteiger partial charge in [0.15, 0.2) is 0 Å². The number of hydrogen-bond acceptors (Lipinski definition) is 4. The third-order valence-corrected chi connectivity index (χ3v) is 5.56. The van der Waals surface area contributed by atoms with Gasteiger partial charge in [0, 0.05) is 12.1 Å². The molecule has 1 amide bonds. The largest absolute Gasteiger partial charge is 0.497 e. The summed E-state index contributed by atoms with van der Waals surface area (Å²) in [6.07, 6.45) is 0.836. The van der Waals surface area contributed by atoms with E-state index < -0.39 is 0 Å². The molecule has 0 aliphatic rings. The molecule has 0 aliphatic heterocycles. The van der Waals surface area contributed by atoms with Crippen LogP contribution in [0.4, 0.5) is 0 Å². The Morgan fingerprint density at radius 1 is 0.912 bits per heavy atom. The van der Waals surface area contributed by atoms with Gasteiger partial charge in [0.2, 0.25) is 5.88 Å². The summed E-state index contributed by atoms with van der Waals surface area (Å²) in [5, 5.41) is 4.78. The van der Waals surface area contributed by atoms with Crippen LogP contribution in [0.15, 0.2) is 84.9 Å². The van der Waals surface area contributed by atoms with Gasteiger partial charge >= 0.3 is 0 Å². The van der Waals surface area contributed by atoms with Crippen LogP contribution in [0.3, 0.4) is 0 Å². The first kappa shape index (κ1) is 23.1. The van der Waals surface area contributed by atoms with Gasteiger partial charge in [0.1, 0.15) is 11.5 Å². The standard InChI is InChI=1S/C28H29N3O3/c1-4-19-30(27(32)22-15-17-24(33-3)18-16-22)20-26-21(2)29-31(23-11-7-5-8-12-23)28(26)34-25-13-9-6-10-14-25/h5-18H,4,19-20H2,1-3H3. The van der Waals surface area contributed by atoms with Crippen molar-refractivity contribution in [2.45, 2.75) is 26.8 Å². The summed E-state index contributed by atoms with van der Waals surface area (Å²) < 4.78 is 13.4. The number of carbonyl (C=O) groups excluding carboxylic acids is 1. The van der Waals surface area contributed by atoms with Crippen LogP contribution in [0.25, 0.3) is 5.69 Å². The van der Waals surface area contributed by atoms with Gasteiger partial charge in [-0.1, -0.05) is 43.3 Å². The lowest BCUT2D eigenvalue weighted by Crippen LogP contribution is -2.31. The van der Waals surface area contributed by atoms with E-state index in [1.54, 1.807) is 36.1 Å². The average molecular weight is 456 g/mol. The molecule has 174 valence electrons. The number of amides is 1. The van der Waals surface area contributed by atoms with Crippen LogP contribution in [0, 0.1) is 6.92 Å². The summed E-state index contributed by atoms with van der Waals surface area (Å²) in [7, 11) is 1.61. The monoisotopic (exact) mass is 455 g/mol. The Morgan fingerprint density at radius 2 is 1.56 bits per heavy atom. The van der Waals surface area contributed by atoms with Crippen LogP contribution in [0.2, 0.25) is 0 Å². The Balaban J connectivity index is 1.72. The Morgan fingerprint density at radius 3 is 2.18 bits per heavy atom. The zero-order valence-corrected chi connectivity index (χ0v) is 19.8. The van der Waals surface area contributed by atoms with E-state index in [2.05, 4.69) is 6.92 Å². The lowest BCUT2D eigenvalue weighted by Gasteiger charge is -2.23. The molecule has 1 aromatic heterocycles. The first-order valence-electron chi connectivity index (χ1n) is 11.4. The van der Waals surface area contributed by atoms with Crippen LogP contribution >= 0.6 is 0 Å². The molecule has 0 unspecified atom stereocenters. The fourth-order valence-corrected chi connectivity index (χ4v) is 3.80. The second kappa shape index (κ2) is 10.7. The summed E-state index contributed by atoms with van der Waals surface area (Å²) in [6.45, 7) is 5.02. The smallest absolute Gasteiger partial charge is 0.254 e. The minimum Gasteiger partial charge on any atom is -0.497 e. The molecule has 6 heteroatoms. The van der Waals surface area contributed by atoms with Crippen LogP contribution in [0.5, 0.6) is 17.4 Å². The molecule has 3 aromatic carbocycles. The van der Waals surface area contributed by atoms with Gasteiger partial charge in [-0.15, -0.1) is 0 Å². The molecule has 1 heterocycles. The topological polar surface area (TPSA) is 56.6 Å². The highest BCUT2D eigenvalue weighted by Crippen LogP contribution is 2.32. The number of methoxy groups -OCH3 is 1. The van der Waals surface area contributed by atoms with Crippen molar-refractivity contribution in [1.29, 1.82) is 0 Å². The van der Waals surface area contributed by atoms with Gasteiger partial charge in [-0.05, 0) is 61.9 Å². The number of aromatic nitrogens is 2. The number of rotatable bonds is 9. The first-order valence-corrected chi connectivity index (χ1v) is 11.4. The van der Waals surface area contributed by atoms with E-state index in [0.29, 0.717) is 30.3 Å². The maximum absolute atomic E-state index is 13.4. The number of para-hydroxylation sites is 2. The van der Waals surface area contributed by atoms with Crippen molar-refractivity contribution in [3.63, 3.8) is 0 Å². The van der Waals surface area contributed by atoms with Crippen molar-refractivity contribution in [3.05, 3.63) is 102 Å². The summed E-state index contributed by atoms with van der Waals surface area (Å²) in [4.78, 5) is 15.3. The molecule has 6 nitrogen and oxygen atoms in total. The van der Waals surface area contributed by atoms with E-state index in [-0.39, 0.29) is 5.91 Å². The molecule has 0 N–H and O–H groups in total. The van der Waals surface area contributed by atoms with Gasteiger partial charge in [-0.2, -0.15) is 5.10 Å². The minimum atomic E-state index is -0.0398. The Hall–Kier alpha value is -4.06. The third kappa shape index (κ3) is 5.12. The zero-order chi connectivity index (χ0) is 23.9. The van der Waals surface area contributed by atoms with Gasteiger partial charge in [0.05, 0.1) is 30.6 Å². The maximum Gasteiger partial charge on any atom is 0.254 e. The summed E-state index contributed by atoms with van der Waals surface area (Å²) in [6, 6.07) is 26.7. The molecule has 0 bridgehead atoms. The molecule has 0 saturated heterocycles. The van der Waals surface area contributed by atoms with E-state index in [9.17, 15) is 4.79 Å². The van der Waals surface area contributed by atoms with E-state index in [1.807, 2.05) is 72.5 Å². The van der Waals surface area contributed by atoms with Gasteiger partial charge in [-0.25, -0.2) is 4.68 Å². The van der Waals surface area contributed by atoms with Crippen molar-refractivity contribution in [2.75, 3.05) is 13.7 Å². The predicted molar refractivity (Wildman–Crippen MR) is 133 cm³/mol. The van der Waals surface area contributed by atoms with Gasteiger partial charge in [0.25, 0.3) is 5.91 Å². The second-order valence-electron chi connectivity index (χ2n) is 7.99. The average Bonchev–Trinajstić information content (AvgIpc) is 3.19. The predicted octanol–water partition coefficient (Wildman–Crippen LogP) is 6.03. The molecular formula is C28H29N3O3. The van der Waals surface area contributed by atoms with E-state index in [1.165, 1.54) is 0 Å². The van der Waals surface area contributed by atoms with Crippen LogP contribution in [0.1, 0.15) is 35.0 Å². The molecule has 4 aromatic rings. The van der Waals surface area contributed by atoms with Crippen molar-refractivity contribution in [1.82, 2.24) is 14.7 Å². The molecule has 0 fully saturated rings. The highest BCUT2D eigenvalue weighted by atomic mass is 16.5. The lowest BCUT2D eigenvalue weighted by molar-refractivity contribution is 0.0742. The molecule has 0 spiro atoms. The third-order valence-electron chi connectivity index (χ3n) is 5.56. The Labute approximate surface area is 200 Å². The number of benzene rings is 3. The zero-order valence-electron chi connectivity index (χ0n) is 19.8. The number of ether oxygens (including phenoxy) is 2. The van der Waals surface area contributed by atoms with Crippen molar-refractivity contribution in [3.8, 4) is 23.1 Å². The summed E-state index contributed by atoms with van der Waals surface area (Å²) >= 11 is 0. The SMILES string of the molecule is CCCN(Cc1c(C)nn(-c2ccccc2)c1Oc1ccccc1)C(=O)c1ccc(OC)cc1. The highest BCUT2D eigenvalue weighted by Gasteiger charge is 2.24. The molecular weight excluding hydrogens is 426 g/mol. The van der Waals surface area contributed by atoms with E-state index >= 15 is 0 Å². The van der Waals surface area contributed by atoms with Crippen molar-refractivity contribution < 1.29 is 14.3 Å². The molecule has 0 aliphatic carbocycles. The van der Waals surface area contributed by atoms with E-state index in [4.69, 9.17) is 14.6 Å². The van der Waals surface area contributed by atoms with Gasteiger partial charge in [-0.3, -0.25) is 4.79 Å². The maximum atomic E-state index is 13.4. The molecule has 0 atom stereocenters. The molecule has 4 rings (SSSR count). The summed E-state index contributed by atoms with van der Waals surface area (Å²) in [5.41, 5.74) is 3.21. The summed E-state index contributed by atoms with van der Waals surface area (Å²) in [5.74, 6) is 2.00. The number of nitrogens with zero attached hydrogens (tertiary/aromatic N) is 3. The Kier molecular flexibility index (Phi) is 7.28. The lowest BCUT2D eigenvalue weighted by atomic mass is 10.1. The van der Waals surface area contributed by atoms with Crippen molar-refractivity contribution >= 4 is 5.91 Å². The normalized spacial score (nSPS) is 10.7. The molecule has 0 radical (unpaired) electrons. The Bertz CT molecular complexity index is 1220. The first-order chi connectivity index (χ1) is 16.6. The second-order valence-corrected chi connectivity index (χ2v) is 7.99. The van der Waals surface area contributed by atoms with Gasteiger partial charge < -0.3 is 14.4 Å². The highest BCUT2D eigenvalue weighted by molar-refractivity contribution is 5.94. The van der Waals surface area contributed by atoms with Crippen LogP contribution in [-0.2, 0) is 6.54 Å². The fourth-order valence-electron chi connectivity index (χ4n) is 3.80. The van der Waals surface area contributed by atoms with Crippen molar-refractivity contribution in [2.24, 2.45) is 0 Å². The fraction of sp³-hybridized carbons (Fsp3) is 0.214.